The number of carbonyl (C=O) groups is 2. The van der Waals surface area contributed by atoms with E-state index in [0.717, 1.165) is 5.56 Å². The summed E-state index contributed by atoms with van der Waals surface area (Å²) in [5.41, 5.74) is 1.34. The molecule has 1 heterocycles. The van der Waals surface area contributed by atoms with E-state index in [9.17, 15) is 9.59 Å². The van der Waals surface area contributed by atoms with Crippen molar-refractivity contribution < 1.29 is 19.1 Å². The molecule has 1 amide bonds. The summed E-state index contributed by atoms with van der Waals surface area (Å²) in [6, 6.07) is 9.41. The van der Waals surface area contributed by atoms with Crippen molar-refractivity contribution in [2.75, 3.05) is 20.4 Å². The van der Waals surface area contributed by atoms with Crippen molar-refractivity contribution in [2.45, 2.75) is 6.92 Å². The third kappa shape index (κ3) is 2.76. The summed E-state index contributed by atoms with van der Waals surface area (Å²) in [4.78, 5) is 24.6. The highest BCUT2D eigenvalue weighted by molar-refractivity contribution is 6.01. The molecule has 0 aromatic heterocycles. The lowest BCUT2D eigenvalue weighted by molar-refractivity contribution is -0.148. The molecule has 0 spiro atoms. The summed E-state index contributed by atoms with van der Waals surface area (Å²) in [7, 11) is 1.29. The zero-order chi connectivity index (χ0) is 13.8. The average molecular weight is 261 g/mol. The second-order valence-electron chi connectivity index (χ2n) is 4.17. The molecule has 5 nitrogen and oxygen atoms in total. The van der Waals surface area contributed by atoms with E-state index in [4.69, 9.17) is 4.74 Å². The van der Waals surface area contributed by atoms with Crippen molar-refractivity contribution in [1.82, 2.24) is 4.90 Å². The molecule has 2 rings (SSSR count). The number of esters is 1. The van der Waals surface area contributed by atoms with Gasteiger partial charge in [0, 0.05) is 5.56 Å². The maximum absolute atomic E-state index is 12.1. The van der Waals surface area contributed by atoms with Gasteiger partial charge in [-0.15, -0.1) is 0 Å². The fourth-order valence-electron chi connectivity index (χ4n) is 1.87. The maximum Gasteiger partial charge on any atom is 0.325 e. The van der Waals surface area contributed by atoms with E-state index in [1.807, 2.05) is 30.3 Å². The molecule has 19 heavy (non-hydrogen) atoms. The van der Waals surface area contributed by atoms with Gasteiger partial charge in [0.1, 0.15) is 12.3 Å². The SMILES string of the molecule is COC(=O)CN1COC(c2ccccc2)=C(C)C1=O. The fourth-order valence-corrected chi connectivity index (χ4v) is 1.87. The van der Waals surface area contributed by atoms with Gasteiger partial charge in [-0.2, -0.15) is 0 Å². The van der Waals surface area contributed by atoms with Crippen LogP contribution in [0.2, 0.25) is 0 Å². The minimum Gasteiger partial charge on any atom is -0.472 e. The number of hydrogen-bond acceptors (Lipinski definition) is 4. The summed E-state index contributed by atoms with van der Waals surface area (Å²) < 4.78 is 10.1. The lowest BCUT2D eigenvalue weighted by Crippen LogP contribution is -2.41. The Hall–Kier alpha value is -2.30. The number of amides is 1. The second kappa shape index (κ2) is 5.56. The van der Waals surface area contributed by atoms with Crippen LogP contribution in [-0.4, -0.2) is 37.2 Å². The van der Waals surface area contributed by atoms with Crippen molar-refractivity contribution in [3.63, 3.8) is 0 Å². The Morgan fingerprint density at radius 2 is 2.05 bits per heavy atom. The molecule has 0 saturated carbocycles. The van der Waals surface area contributed by atoms with Crippen molar-refractivity contribution in [3.8, 4) is 0 Å². The van der Waals surface area contributed by atoms with Crippen molar-refractivity contribution in [1.29, 1.82) is 0 Å². The molecular formula is C14H15NO4. The van der Waals surface area contributed by atoms with Crippen LogP contribution in [0, 0.1) is 0 Å². The zero-order valence-corrected chi connectivity index (χ0v) is 10.9. The van der Waals surface area contributed by atoms with Crippen LogP contribution in [0.25, 0.3) is 5.76 Å². The van der Waals surface area contributed by atoms with E-state index >= 15 is 0 Å². The lowest BCUT2D eigenvalue weighted by Gasteiger charge is -2.28. The smallest absolute Gasteiger partial charge is 0.325 e. The van der Waals surface area contributed by atoms with Gasteiger partial charge < -0.3 is 9.47 Å². The van der Waals surface area contributed by atoms with Crippen LogP contribution in [0.1, 0.15) is 12.5 Å². The average Bonchev–Trinajstić information content (AvgIpc) is 2.45. The highest BCUT2D eigenvalue weighted by Gasteiger charge is 2.27. The second-order valence-corrected chi connectivity index (χ2v) is 4.17. The van der Waals surface area contributed by atoms with Crippen LogP contribution in [0.5, 0.6) is 0 Å². The van der Waals surface area contributed by atoms with Crippen molar-refractivity contribution in [2.24, 2.45) is 0 Å². The molecule has 0 saturated heterocycles. The van der Waals surface area contributed by atoms with E-state index in [1.54, 1.807) is 6.92 Å². The molecular weight excluding hydrogens is 246 g/mol. The molecule has 1 aromatic carbocycles. The lowest BCUT2D eigenvalue weighted by atomic mass is 10.1. The molecule has 0 atom stereocenters. The quantitative estimate of drug-likeness (QED) is 0.772. The predicted octanol–water partition coefficient (Wildman–Crippen LogP) is 1.41. The van der Waals surface area contributed by atoms with Gasteiger partial charge in [0.15, 0.2) is 6.73 Å². The molecule has 1 aliphatic heterocycles. The Morgan fingerprint density at radius 3 is 2.68 bits per heavy atom. The molecule has 5 heteroatoms. The Balaban J connectivity index is 2.21. The predicted molar refractivity (Wildman–Crippen MR) is 68.7 cm³/mol. The van der Waals surface area contributed by atoms with Gasteiger partial charge in [0.05, 0.1) is 12.7 Å². The first-order chi connectivity index (χ1) is 9.13. The molecule has 0 N–H and O–H groups in total. The first-order valence-corrected chi connectivity index (χ1v) is 5.88. The number of carbonyl (C=O) groups excluding carboxylic acids is 2. The van der Waals surface area contributed by atoms with Gasteiger partial charge in [-0.05, 0) is 6.92 Å². The van der Waals surface area contributed by atoms with Gasteiger partial charge in [-0.3, -0.25) is 14.5 Å². The monoisotopic (exact) mass is 261 g/mol. The summed E-state index contributed by atoms with van der Waals surface area (Å²) in [6.07, 6.45) is 0. The topological polar surface area (TPSA) is 55.8 Å². The Bertz CT molecular complexity index is 522. The molecule has 0 radical (unpaired) electrons. The van der Waals surface area contributed by atoms with Crippen molar-refractivity contribution in [3.05, 3.63) is 41.5 Å². The van der Waals surface area contributed by atoms with Crippen LogP contribution < -0.4 is 0 Å². The fraction of sp³-hybridized carbons (Fsp3) is 0.286. The highest BCUT2D eigenvalue weighted by Crippen LogP contribution is 2.25. The first kappa shape index (κ1) is 13.1. The number of benzene rings is 1. The molecule has 0 unspecified atom stereocenters. The molecule has 100 valence electrons. The van der Waals surface area contributed by atoms with Gasteiger partial charge in [-0.1, -0.05) is 30.3 Å². The van der Waals surface area contributed by atoms with Crippen molar-refractivity contribution >= 4 is 17.6 Å². The minimum absolute atomic E-state index is 0.0511. The zero-order valence-electron chi connectivity index (χ0n) is 10.9. The van der Waals surface area contributed by atoms with Crippen LogP contribution >= 0.6 is 0 Å². The molecule has 0 fully saturated rings. The third-order valence-electron chi connectivity index (χ3n) is 2.90. The third-order valence-corrected chi connectivity index (χ3v) is 2.90. The minimum atomic E-state index is -0.465. The van der Waals surface area contributed by atoms with Crippen LogP contribution in [-0.2, 0) is 19.1 Å². The summed E-state index contributed by atoms with van der Waals surface area (Å²) >= 11 is 0. The summed E-state index contributed by atoms with van der Waals surface area (Å²) in [5, 5.41) is 0. The standard InChI is InChI=1S/C14H15NO4/c1-10-13(11-6-4-3-5-7-11)19-9-15(14(10)17)8-12(16)18-2/h3-7H,8-9H2,1-2H3. The molecule has 0 aliphatic carbocycles. The van der Waals surface area contributed by atoms with Crippen LogP contribution in [0.3, 0.4) is 0 Å². The Kier molecular flexibility index (Phi) is 3.85. The van der Waals surface area contributed by atoms with E-state index in [2.05, 4.69) is 4.74 Å². The highest BCUT2D eigenvalue weighted by atomic mass is 16.5. The number of hydrogen-bond donors (Lipinski definition) is 0. The number of ether oxygens (including phenoxy) is 2. The van der Waals surface area contributed by atoms with Gasteiger partial charge in [-0.25, -0.2) is 0 Å². The summed E-state index contributed by atoms with van der Waals surface area (Å²) in [6.45, 7) is 1.64. The number of nitrogens with zero attached hydrogens (tertiary/aromatic N) is 1. The van der Waals surface area contributed by atoms with Crippen LogP contribution in [0.4, 0.5) is 0 Å². The van der Waals surface area contributed by atoms with E-state index in [0.29, 0.717) is 11.3 Å². The first-order valence-electron chi connectivity index (χ1n) is 5.88. The number of rotatable bonds is 3. The number of methoxy groups -OCH3 is 1. The van der Waals surface area contributed by atoms with E-state index < -0.39 is 5.97 Å². The molecule has 0 bridgehead atoms. The van der Waals surface area contributed by atoms with E-state index in [-0.39, 0.29) is 19.2 Å². The van der Waals surface area contributed by atoms with Gasteiger partial charge in [0.25, 0.3) is 5.91 Å². The Labute approximate surface area is 111 Å². The van der Waals surface area contributed by atoms with Gasteiger partial charge in [0.2, 0.25) is 0 Å². The van der Waals surface area contributed by atoms with E-state index in [1.165, 1.54) is 12.0 Å². The largest absolute Gasteiger partial charge is 0.472 e. The molecule has 1 aliphatic rings. The summed E-state index contributed by atoms with van der Waals surface area (Å²) in [5.74, 6) is -0.116. The normalized spacial score (nSPS) is 15.3. The van der Waals surface area contributed by atoms with Gasteiger partial charge >= 0.3 is 5.97 Å². The Morgan fingerprint density at radius 1 is 1.37 bits per heavy atom. The maximum atomic E-state index is 12.1. The molecule has 1 aromatic rings. The van der Waals surface area contributed by atoms with Crippen LogP contribution in [0.15, 0.2) is 35.9 Å².